The summed E-state index contributed by atoms with van der Waals surface area (Å²) in [6.07, 6.45) is -4.55. The predicted molar refractivity (Wildman–Crippen MR) is 128 cm³/mol. The Bertz CT molecular complexity index is 1340. The van der Waals surface area contributed by atoms with Crippen molar-refractivity contribution in [2.75, 3.05) is 6.61 Å². The lowest BCUT2D eigenvalue weighted by molar-refractivity contribution is -0.156. The van der Waals surface area contributed by atoms with Crippen LogP contribution in [0, 0.1) is 27.7 Å². The molecule has 2 aromatic rings. The highest BCUT2D eigenvalue weighted by Gasteiger charge is 2.37. The number of benzene rings is 2. The molecule has 0 unspecified atom stereocenters. The Hall–Kier alpha value is -4.15. The number of amidine groups is 3. The topological polar surface area (TPSA) is 86.6 Å². The highest BCUT2D eigenvalue weighted by Crippen LogP contribution is 2.23. The van der Waals surface area contributed by atoms with Crippen molar-refractivity contribution < 1.29 is 17.9 Å². The van der Waals surface area contributed by atoms with Gasteiger partial charge in [-0.25, -0.2) is 4.90 Å². The number of hydrogen-bond acceptors (Lipinski definition) is 8. The molecule has 0 N–H and O–H groups in total. The fourth-order valence-corrected chi connectivity index (χ4v) is 3.94. The monoisotopic (exact) mass is 479 g/mol. The summed E-state index contributed by atoms with van der Waals surface area (Å²) in [7, 11) is 0. The molecule has 0 atom stereocenters. The molecule has 0 fully saturated rings. The molecule has 3 heterocycles. The summed E-state index contributed by atoms with van der Waals surface area (Å²) in [5, 5.41) is 0. The Labute approximate surface area is 199 Å². The van der Waals surface area contributed by atoms with E-state index in [1.807, 2.05) is 64.1 Å². The van der Waals surface area contributed by atoms with E-state index in [-0.39, 0.29) is 17.9 Å². The Morgan fingerprint density at radius 2 is 1.06 bits per heavy atom. The van der Waals surface area contributed by atoms with E-state index in [0.29, 0.717) is 11.7 Å². The van der Waals surface area contributed by atoms with Crippen LogP contribution in [0.15, 0.2) is 66.4 Å². The normalized spacial score (nSPS) is 16.9. The molecule has 0 radical (unpaired) electrons. The van der Waals surface area contributed by atoms with Crippen molar-refractivity contribution in [1.82, 2.24) is 4.90 Å². The summed E-state index contributed by atoms with van der Waals surface area (Å²) >= 11 is 0. The molecule has 0 aliphatic carbocycles. The number of rotatable bonds is 3. The Balaban J connectivity index is 1.65. The average Bonchev–Trinajstić information content (AvgIpc) is 2.75. The van der Waals surface area contributed by atoms with Gasteiger partial charge in [0, 0.05) is 11.1 Å². The van der Waals surface area contributed by atoms with Crippen LogP contribution in [0.3, 0.4) is 0 Å². The number of guanidine groups is 3. The number of ether oxygens (including phenoxy) is 1. The second-order valence-corrected chi connectivity index (χ2v) is 8.49. The van der Waals surface area contributed by atoms with E-state index in [2.05, 4.69) is 30.0 Å². The zero-order chi connectivity index (χ0) is 24.9. The molecule has 178 valence electrons. The SMILES string of the molecule is Cc1cc(C)cc(C2=NC3=NC(OCC(F)(F)F)=NC4=NC(c5cc(C)cc(C)c5)=NC(=N2)N34)c1. The third-order valence-electron chi connectivity index (χ3n) is 5.14. The van der Waals surface area contributed by atoms with Crippen LogP contribution in [0.2, 0.25) is 0 Å². The lowest BCUT2D eigenvalue weighted by Crippen LogP contribution is -2.48. The molecular weight excluding hydrogens is 459 g/mol. The van der Waals surface area contributed by atoms with E-state index in [1.165, 1.54) is 4.90 Å². The molecule has 0 amide bonds. The number of aryl methyl sites for hydroxylation is 4. The van der Waals surface area contributed by atoms with Crippen molar-refractivity contribution in [3.05, 3.63) is 69.8 Å². The van der Waals surface area contributed by atoms with Gasteiger partial charge < -0.3 is 4.74 Å². The standard InChI is InChI=1S/C24H20F3N7O/c1-12-5-13(2)8-16(7-12)18-28-20-29-19(17-9-14(3)6-15(4)10-17)31-22-33-23(35-11-24(25,26)27)32-21(30-18)34(20)22/h5-10H,11H2,1-4H3. The van der Waals surface area contributed by atoms with Crippen molar-refractivity contribution >= 4 is 35.6 Å². The maximum Gasteiger partial charge on any atom is 0.422 e. The van der Waals surface area contributed by atoms with Gasteiger partial charge in [-0.3, -0.25) is 0 Å². The molecule has 0 saturated heterocycles. The molecule has 5 rings (SSSR count). The number of hydrogen-bond donors (Lipinski definition) is 0. The van der Waals surface area contributed by atoms with Crippen molar-refractivity contribution in [3.63, 3.8) is 0 Å². The molecule has 0 spiro atoms. The third kappa shape index (κ3) is 4.75. The summed E-state index contributed by atoms with van der Waals surface area (Å²) in [4.78, 5) is 27.8. The number of nitrogens with zero attached hydrogens (tertiary/aromatic N) is 7. The highest BCUT2D eigenvalue weighted by molar-refractivity contribution is 6.32. The minimum atomic E-state index is -4.55. The van der Waals surface area contributed by atoms with Gasteiger partial charge in [0.25, 0.3) is 0 Å². The quantitative estimate of drug-likeness (QED) is 0.651. The van der Waals surface area contributed by atoms with Gasteiger partial charge in [0.15, 0.2) is 18.3 Å². The van der Waals surface area contributed by atoms with Gasteiger partial charge in [0.1, 0.15) is 0 Å². The second-order valence-electron chi connectivity index (χ2n) is 8.49. The highest BCUT2D eigenvalue weighted by atomic mass is 19.4. The first-order valence-corrected chi connectivity index (χ1v) is 10.7. The minimum Gasteiger partial charge on any atom is -0.454 e. The van der Waals surface area contributed by atoms with Crippen molar-refractivity contribution in [1.29, 1.82) is 0 Å². The molecule has 35 heavy (non-hydrogen) atoms. The molecule has 0 bridgehead atoms. The van der Waals surface area contributed by atoms with Gasteiger partial charge in [0.05, 0.1) is 0 Å². The average molecular weight is 479 g/mol. The number of halogens is 3. The van der Waals surface area contributed by atoms with Gasteiger partial charge in [0.2, 0.25) is 17.9 Å². The molecule has 0 aromatic heterocycles. The predicted octanol–water partition coefficient (Wildman–Crippen LogP) is 4.46. The molecule has 8 nitrogen and oxygen atoms in total. The maximum atomic E-state index is 12.8. The van der Waals surface area contributed by atoms with Crippen molar-refractivity contribution in [3.8, 4) is 0 Å². The smallest absolute Gasteiger partial charge is 0.422 e. The van der Waals surface area contributed by atoms with Crippen LogP contribution < -0.4 is 0 Å². The van der Waals surface area contributed by atoms with Crippen LogP contribution >= 0.6 is 0 Å². The summed E-state index contributed by atoms with van der Waals surface area (Å²) in [6, 6.07) is 11.2. The van der Waals surface area contributed by atoms with Crippen LogP contribution in [0.25, 0.3) is 0 Å². The van der Waals surface area contributed by atoms with E-state index in [0.717, 1.165) is 33.4 Å². The zero-order valence-corrected chi connectivity index (χ0v) is 19.3. The van der Waals surface area contributed by atoms with Gasteiger partial charge in [-0.05, 0) is 52.0 Å². The number of aliphatic imine (C=N–C) groups is 6. The zero-order valence-electron chi connectivity index (χ0n) is 19.3. The largest absolute Gasteiger partial charge is 0.454 e. The minimum absolute atomic E-state index is 0.0262. The Morgan fingerprint density at radius 1 is 0.629 bits per heavy atom. The van der Waals surface area contributed by atoms with Crippen LogP contribution in [0.5, 0.6) is 0 Å². The molecule has 11 heteroatoms. The van der Waals surface area contributed by atoms with Crippen molar-refractivity contribution in [2.45, 2.75) is 33.9 Å². The van der Waals surface area contributed by atoms with Crippen LogP contribution in [0.4, 0.5) is 13.2 Å². The lowest BCUT2D eigenvalue weighted by atomic mass is 10.1. The van der Waals surface area contributed by atoms with Gasteiger partial charge in [-0.1, -0.05) is 34.4 Å². The third-order valence-corrected chi connectivity index (χ3v) is 5.14. The Morgan fingerprint density at radius 3 is 1.51 bits per heavy atom. The first-order valence-electron chi connectivity index (χ1n) is 10.7. The van der Waals surface area contributed by atoms with Crippen LogP contribution in [0.1, 0.15) is 33.4 Å². The molecular formula is C24H20F3N7O. The first-order chi connectivity index (χ1) is 16.5. The molecule has 3 aliphatic rings. The van der Waals surface area contributed by atoms with Crippen LogP contribution in [-0.4, -0.2) is 53.3 Å². The lowest BCUT2D eigenvalue weighted by Gasteiger charge is -2.30. The van der Waals surface area contributed by atoms with E-state index in [9.17, 15) is 13.2 Å². The van der Waals surface area contributed by atoms with Crippen LogP contribution in [-0.2, 0) is 4.74 Å². The molecule has 0 saturated carbocycles. The Kier molecular flexibility index (Phi) is 5.34. The molecule has 2 aromatic carbocycles. The first kappa shape index (κ1) is 22.6. The number of alkyl halides is 3. The fraction of sp³-hybridized carbons (Fsp3) is 0.250. The van der Waals surface area contributed by atoms with Gasteiger partial charge in [-0.15, -0.1) is 0 Å². The van der Waals surface area contributed by atoms with Gasteiger partial charge >= 0.3 is 12.2 Å². The van der Waals surface area contributed by atoms with E-state index in [1.54, 1.807) is 0 Å². The second kappa shape index (κ2) is 8.26. The van der Waals surface area contributed by atoms with Crippen molar-refractivity contribution in [2.24, 2.45) is 30.0 Å². The van der Waals surface area contributed by atoms with E-state index >= 15 is 0 Å². The maximum absolute atomic E-state index is 12.8. The summed E-state index contributed by atoms with van der Waals surface area (Å²) in [6.45, 7) is 6.27. The fourth-order valence-electron chi connectivity index (χ4n) is 3.94. The van der Waals surface area contributed by atoms with Gasteiger partial charge in [-0.2, -0.15) is 43.1 Å². The molecule has 3 aliphatic heterocycles. The summed E-state index contributed by atoms with van der Waals surface area (Å²) < 4.78 is 43.2. The van der Waals surface area contributed by atoms with E-state index < -0.39 is 18.8 Å². The summed E-state index contributed by atoms with van der Waals surface area (Å²) in [5.41, 5.74) is 5.50. The summed E-state index contributed by atoms with van der Waals surface area (Å²) in [5.74, 6) is 0.912. The van der Waals surface area contributed by atoms with E-state index in [4.69, 9.17) is 4.74 Å².